The van der Waals surface area contributed by atoms with Crippen molar-refractivity contribution in [2.75, 3.05) is 0 Å². The molecule has 0 N–H and O–H groups in total. The molecule has 2 bridgehead atoms. The summed E-state index contributed by atoms with van der Waals surface area (Å²) in [6.45, 7) is 7.28. The van der Waals surface area contributed by atoms with Gasteiger partial charge in [0.2, 0.25) is 0 Å². The second-order valence-electron chi connectivity index (χ2n) is 7.17. The number of para-hydroxylation sites is 1. The number of hydrogen-bond acceptors (Lipinski definition) is 1. The maximum absolute atomic E-state index is 4.92. The molecule has 2 aliphatic rings. The minimum absolute atomic E-state index is 0.285. The average molecular weight is 263 g/mol. The molecule has 1 aromatic heterocycles. The first-order valence-corrected chi connectivity index (χ1v) is 7.61. The van der Waals surface area contributed by atoms with Gasteiger partial charge < -0.3 is 0 Å². The quantitative estimate of drug-likeness (QED) is 0.699. The Hall–Kier alpha value is -1.63. The summed E-state index contributed by atoms with van der Waals surface area (Å²) in [5.74, 6) is 0.718. The molecule has 0 unspecified atom stereocenters. The molecule has 0 amide bonds. The Kier molecular flexibility index (Phi) is 2.26. The molecule has 2 atom stereocenters. The first-order valence-electron chi connectivity index (χ1n) is 7.61. The Balaban J connectivity index is 1.87. The summed E-state index contributed by atoms with van der Waals surface area (Å²) in [6, 6.07) is 12.8. The molecule has 1 heteroatoms. The molecule has 2 aromatic rings. The maximum Gasteiger partial charge on any atom is 0.0709 e. The molecule has 1 heterocycles. The summed E-state index contributed by atoms with van der Waals surface area (Å²) in [7, 11) is 0. The SMILES string of the molecule is CC1(C)[C@H]2C=C(c3ccc4ccccc4n3)[C@]1(C)CC2. The van der Waals surface area contributed by atoms with E-state index in [0.717, 1.165) is 11.4 Å². The number of rotatable bonds is 1. The van der Waals surface area contributed by atoms with Crippen molar-refractivity contribution in [1.29, 1.82) is 0 Å². The van der Waals surface area contributed by atoms with Crippen LogP contribution in [0.5, 0.6) is 0 Å². The van der Waals surface area contributed by atoms with Crippen molar-refractivity contribution in [1.82, 2.24) is 4.98 Å². The lowest BCUT2D eigenvalue weighted by atomic mass is 9.67. The number of hydrogen-bond donors (Lipinski definition) is 0. The molecule has 0 aliphatic heterocycles. The highest BCUT2D eigenvalue weighted by Crippen LogP contribution is 2.67. The van der Waals surface area contributed by atoms with Crippen LogP contribution >= 0.6 is 0 Å². The van der Waals surface area contributed by atoms with Gasteiger partial charge in [-0.25, -0.2) is 4.98 Å². The van der Waals surface area contributed by atoms with Gasteiger partial charge in [-0.2, -0.15) is 0 Å². The van der Waals surface area contributed by atoms with E-state index in [0.29, 0.717) is 5.41 Å². The first kappa shape index (κ1) is 12.1. The number of nitrogens with zero attached hydrogens (tertiary/aromatic N) is 1. The molecule has 0 saturated heterocycles. The molecular weight excluding hydrogens is 242 g/mol. The van der Waals surface area contributed by atoms with Crippen LogP contribution in [-0.4, -0.2) is 4.98 Å². The lowest BCUT2D eigenvalue weighted by Crippen LogP contribution is -2.29. The highest BCUT2D eigenvalue weighted by atomic mass is 14.7. The zero-order valence-electron chi connectivity index (χ0n) is 12.5. The lowest BCUT2D eigenvalue weighted by Gasteiger charge is -2.37. The van der Waals surface area contributed by atoms with Gasteiger partial charge in [-0.05, 0) is 47.3 Å². The van der Waals surface area contributed by atoms with Gasteiger partial charge in [-0.1, -0.05) is 51.1 Å². The third-order valence-corrected chi connectivity index (χ3v) is 6.14. The topological polar surface area (TPSA) is 12.9 Å². The smallest absolute Gasteiger partial charge is 0.0709 e. The Labute approximate surface area is 120 Å². The van der Waals surface area contributed by atoms with E-state index in [9.17, 15) is 0 Å². The summed E-state index contributed by atoms with van der Waals surface area (Å²) >= 11 is 0. The Morgan fingerprint density at radius 3 is 2.55 bits per heavy atom. The molecule has 1 saturated carbocycles. The molecule has 2 aliphatic carbocycles. The molecular formula is C19H21N. The second kappa shape index (κ2) is 3.72. The van der Waals surface area contributed by atoms with Crippen LogP contribution in [0.25, 0.3) is 16.5 Å². The van der Waals surface area contributed by atoms with Gasteiger partial charge in [-0.15, -0.1) is 0 Å². The molecule has 0 radical (unpaired) electrons. The molecule has 1 nitrogen and oxygen atoms in total. The van der Waals surface area contributed by atoms with Crippen LogP contribution in [0.1, 0.15) is 39.3 Å². The molecule has 20 heavy (non-hydrogen) atoms. The first-order chi connectivity index (χ1) is 9.52. The van der Waals surface area contributed by atoms with Gasteiger partial charge in [0.1, 0.15) is 0 Å². The third-order valence-electron chi connectivity index (χ3n) is 6.14. The van der Waals surface area contributed by atoms with Crippen molar-refractivity contribution in [3.63, 3.8) is 0 Å². The molecule has 102 valence electrons. The third kappa shape index (κ3) is 1.36. The minimum atomic E-state index is 0.285. The number of allylic oxidation sites excluding steroid dienone is 2. The largest absolute Gasteiger partial charge is 0.248 e. The van der Waals surface area contributed by atoms with Crippen molar-refractivity contribution >= 4 is 16.5 Å². The van der Waals surface area contributed by atoms with E-state index in [1.165, 1.54) is 29.5 Å². The number of fused-ring (bicyclic) bond motifs is 3. The maximum atomic E-state index is 4.92. The van der Waals surface area contributed by atoms with Gasteiger partial charge in [0, 0.05) is 5.39 Å². The molecule has 1 fully saturated rings. The predicted molar refractivity (Wildman–Crippen MR) is 84.3 cm³/mol. The van der Waals surface area contributed by atoms with Crippen LogP contribution in [0.4, 0.5) is 0 Å². The normalized spacial score (nSPS) is 30.8. The average Bonchev–Trinajstić information content (AvgIpc) is 2.79. The van der Waals surface area contributed by atoms with Gasteiger partial charge in [0.25, 0.3) is 0 Å². The van der Waals surface area contributed by atoms with E-state index in [1.54, 1.807) is 0 Å². The van der Waals surface area contributed by atoms with Crippen molar-refractivity contribution in [3.8, 4) is 0 Å². The van der Waals surface area contributed by atoms with Gasteiger partial charge >= 0.3 is 0 Å². The highest BCUT2D eigenvalue weighted by Gasteiger charge is 2.57. The molecule has 1 aromatic carbocycles. The Bertz CT molecular complexity index is 725. The molecule has 4 rings (SSSR count). The Morgan fingerprint density at radius 2 is 1.85 bits per heavy atom. The standard InChI is InChI=1S/C19H21N/c1-18(2)14-10-11-19(18,3)15(12-14)17-9-8-13-6-4-5-7-16(13)20-17/h4-9,12,14H,10-11H2,1-3H3/t14-,19+/m1/s1. The van der Waals surface area contributed by atoms with Gasteiger partial charge in [0.15, 0.2) is 0 Å². The van der Waals surface area contributed by atoms with E-state index in [4.69, 9.17) is 4.98 Å². The Morgan fingerprint density at radius 1 is 1.05 bits per heavy atom. The fourth-order valence-electron chi connectivity index (χ4n) is 4.28. The second-order valence-corrected chi connectivity index (χ2v) is 7.17. The summed E-state index contributed by atoms with van der Waals surface area (Å²) < 4.78 is 0. The lowest BCUT2D eigenvalue weighted by molar-refractivity contribution is 0.189. The zero-order chi connectivity index (χ0) is 14.0. The predicted octanol–water partition coefficient (Wildman–Crippen LogP) is 5.07. The number of benzene rings is 1. The van der Waals surface area contributed by atoms with Crippen molar-refractivity contribution < 1.29 is 0 Å². The fraction of sp³-hybridized carbons (Fsp3) is 0.421. The number of aromatic nitrogens is 1. The monoisotopic (exact) mass is 263 g/mol. The van der Waals surface area contributed by atoms with Crippen LogP contribution in [0.3, 0.4) is 0 Å². The fourth-order valence-corrected chi connectivity index (χ4v) is 4.28. The summed E-state index contributed by atoms with van der Waals surface area (Å²) in [5, 5.41) is 1.23. The van der Waals surface area contributed by atoms with Crippen molar-refractivity contribution in [2.45, 2.75) is 33.6 Å². The molecule has 0 spiro atoms. The highest BCUT2D eigenvalue weighted by molar-refractivity contribution is 5.82. The van der Waals surface area contributed by atoms with Crippen LogP contribution in [0.2, 0.25) is 0 Å². The van der Waals surface area contributed by atoms with Crippen LogP contribution in [0.15, 0.2) is 42.5 Å². The van der Waals surface area contributed by atoms with E-state index < -0.39 is 0 Å². The van der Waals surface area contributed by atoms with E-state index in [-0.39, 0.29) is 5.41 Å². The van der Waals surface area contributed by atoms with Crippen LogP contribution in [0, 0.1) is 16.7 Å². The van der Waals surface area contributed by atoms with Crippen LogP contribution < -0.4 is 0 Å². The van der Waals surface area contributed by atoms with E-state index in [2.05, 4.69) is 63.2 Å². The van der Waals surface area contributed by atoms with Crippen molar-refractivity contribution in [2.24, 2.45) is 16.7 Å². The zero-order valence-corrected chi connectivity index (χ0v) is 12.5. The summed E-state index contributed by atoms with van der Waals surface area (Å²) in [5.41, 5.74) is 4.42. The van der Waals surface area contributed by atoms with Crippen LogP contribution in [-0.2, 0) is 0 Å². The van der Waals surface area contributed by atoms with Gasteiger partial charge in [-0.3, -0.25) is 0 Å². The van der Waals surface area contributed by atoms with Gasteiger partial charge in [0.05, 0.1) is 11.2 Å². The summed E-state index contributed by atoms with van der Waals surface area (Å²) in [6.07, 6.45) is 5.13. The van der Waals surface area contributed by atoms with E-state index in [1.807, 2.05) is 0 Å². The van der Waals surface area contributed by atoms with E-state index >= 15 is 0 Å². The summed E-state index contributed by atoms with van der Waals surface area (Å²) in [4.78, 5) is 4.92. The minimum Gasteiger partial charge on any atom is -0.248 e. The number of pyridine rings is 1. The van der Waals surface area contributed by atoms with Crippen molar-refractivity contribution in [3.05, 3.63) is 48.2 Å².